The molecule has 0 radical (unpaired) electrons. The molecule has 3 aromatic rings. The third-order valence-electron chi connectivity index (χ3n) is 4.39. The zero-order chi connectivity index (χ0) is 19.3. The highest BCUT2D eigenvalue weighted by atomic mass is 35.5. The molecular weight excluding hydrogens is 402 g/mol. The van der Waals surface area contributed by atoms with Crippen LogP contribution in [0.25, 0.3) is 0 Å². The van der Waals surface area contributed by atoms with Gasteiger partial charge in [-0.1, -0.05) is 28.8 Å². The lowest BCUT2D eigenvalue weighted by Gasteiger charge is -2.24. The van der Waals surface area contributed by atoms with Crippen LogP contribution in [0.3, 0.4) is 0 Å². The van der Waals surface area contributed by atoms with Crippen molar-refractivity contribution < 1.29 is 14.3 Å². The average molecular weight is 420 g/mol. The van der Waals surface area contributed by atoms with Crippen LogP contribution in [-0.2, 0) is 11.3 Å². The molecule has 0 atom stereocenters. The van der Waals surface area contributed by atoms with Gasteiger partial charge >= 0.3 is 0 Å². The number of carbonyl (C=O) groups is 1. The first kappa shape index (κ1) is 18.9. The Balaban J connectivity index is 1.37. The van der Waals surface area contributed by atoms with Crippen molar-refractivity contribution in [3.05, 3.63) is 53.1 Å². The number of benzene rings is 1. The number of imidazole rings is 1. The second-order valence-electron chi connectivity index (χ2n) is 6.27. The molecule has 1 aliphatic heterocycles. The van der Waals surface area contributed by atoms with E-state index in [0.717, 1.165) is 18.4 Å². The van der Waals surface area contributed by atoms with Crippen LogP contribution in [0.1, 0.15) is 34.9 Å². The molecule has 146 valence electrons. The van der Waals surface area contributed by atoms with Crippen LogP contribution in [0.2, 0.25) is 5.02 Å². The minimum Gasteiger partial charge on any atom is -0.464 e. The third-order valence-corrected chi connectivity index (χ3v) is 5.39. The highest BCUT2D eigenvalue weighted by molar-refractivity contribution is 7.17. The van der Waals surface area contributed by atoms with Gasteiger partial charge in [0.05, 0.1) is 12.5 Å². The molecule has 1 fully saturated rings. The molecule has 1 saturated heterocycles. The first-order valence-electron chi connectivity index (χ1n) is 8.81. The summed E-state index contributed by atoms with van der Waals surface area (Å²) >= 11 is 7.04. The molecule has 1 aliphatic rings. The molecule has 1 aromatic carbocycles. The van der Waals surface area contributed by atoms with E-state index in [-0.39, 0.29) is 11.9 Å². The normalized spacial score (nSPS) is 14.8. The molecular formula is C18H18ClN5O3S. The zero-order valence-electron chi connectivity index (χ0n) is 14.9. The van der Waals surface area contributed by atoms with E-state index < -0.39 is 0 Å². The largest absolute Gasteiger partial charge is 0.464 e. The van der Waals surface area contributed by atoms with Gasteiger partial charge in [-0.2, -0.15) is 0 Å². The minimum absolute atomic E-state index is 0.213. The van der Waals surface area contributed by atoms with Gasteiger partial charge in [0.25, 0.3) is 11.1 Å². The summed E-state index contributed by atoms with van der Waals surface area (Å²) in [5, 5.41) is 12.1. The van der Waals surface area contributed by atoms with E-state index >= 15 is 0 Å². The number of carbonyl (C=O) groups excluding carboxylic acids is 1. The van der Waals surface area contributed by atoms with Crippen molar-refractivity contribution in [2.24, 2.45) is 0 Å². The monoisotopic (exact) mass is 419 g/mol. The molecule has 0 saturated carbocycles. The lowest BCUT2D eigenvalue weighted by atomic mass is 10.1. The van der Waals surface area contributed by atoms with Crippen LogP contribution < -0.4 is 10.1 Å². The highest BCUT2D eigenvalue weighted by Crippen LogP contribution is 2.26. The minimum atomic E-state index is -0.274. The Bertz CT molecular complexity index is 937. The molecule has 1 N–H and O–H groups in total. The maximum atomic E-state index is 12.6. The van der Waals surface area contributed by atoms with Crippen LogP contribution in [-0.4, -0.2) is 38.9 Å². The van der Waals surface area contributed by atoms with Crippen molar-refractivity contribution in [3.63, 3.8) is 0 Å². The van der Waals surface area contributed by atoms with Crippen LogP contribution in [0.15, 0.2) is 36.8 Å². The van der Waals surface area contributed by atoms with E-state index in [4.69, 9.17) is 21.1 Å². The van der Waals surface area contributed by atoms with Gasteiger partial charge in [0.1, 0.15) is 12.3 Å². The average Bonchev–Trinajstić information content (AvgIpc) is 3.38. The summed E-state index contributed by atoms with van der Waals surface area (Å²) in [5.74, 6) is -0.274. The van der Waals surface area contributed by atoms with Gasteiger partial charge in [0.2, 0.25) is 5.13 Å². The van der Waals surface area contributed by atoms with Crippen LogP contribution in [0.5, 0.6) is 5.19 Å². The Kier molecular flexibility index (Phi) is 5.84. The van der Waals surface area contributed by atoms with Crippen LogP contribution >= 0.6 is 22.9 Å². The van der Waals surface area contributed by atoms with Gasteiger partial charge in [-0.05, 0) is 41.9 Å². The smallest absolute Gasteiger partial charge is 0.296 e. The van der Waals surface area contributed by atoms with Crippen LogP contribution in [0.4, 0.5) is 5.13 Å². The number of halogens is 1. The first-order chi connectivity index (χ1) is 13.7. The van der Waals surface area contributed by atoms with Crippen molar-refractivity contribution >= 4 is 34.0 Å². The fourth-order valence-electron chi connectivity index (χ4n) is 2.94. The quantitative estimate of drug-likeness (QED) is 0.656. The predicted molar refractivity (Wildman–Crippen MR) is 105 cm³/mol. The first-order valence-corrected chi connectivity index (χ1v) is 10.00. The number of nitrogens with zero attached hydrogens (tertiary/aromatic N) is 4. The molecule has 1 amide bonds. The standard InChI is InChI=1S/C18H18ClN5O3S/c19-13-3-1-12(2-4-13)10-27-18-23-22-17(28-18)21-16(25)15-9-20-11-24(15)14-5-7-26-8-6-14/h1-4,9,11,14H,5-8,10H2,(H,21,22,25). The number of rotatable bonds is 6. The number of ether oxygens (including phenoxy) is 2. The Morgan fingerprint density at radius 3 is 2.86 bits per heavy atom. The molecule has 4 rings (SSSR count). The van der Waals surface area contributed by atoms with E-state index in [1.54, 1.807) is 24.7 Å². The number of hydrogen-bond donors (Lipinski definition) is 1. The summed E-state index contributed by atoms with van der Waals surface area (Å²) in [5.41, 5.74) is 1.45. The molecule has 0 bridgehead atoms. The fraction of sp³-hybridized carbons (Fsp3) is 0.333. The summed E-state index contributed by atoms with van der Waals surface area (Å²) in [7, 11) is 0. The third kappa shape index (κ3) is 4.49. The van der Waals surface area contributed by atoms with E-state index in [1.165, 1.54) is 11.3 Å². The Morgan fingerprint density at radius 1 is 1.29 bits per heavy atom. The second kappa shape index (κ2) is 8.68. The highest BCUT2D eigenvalue weighted by Gasteiger charge is 2.22. The van der Waals surface area contributed by atoms with Gasteiger partial charge in [-0.15, -0.1) is 5.10 Å². The van der Waals surface area contributed by atoms with Gasteiger partial charge in [-0.3, -0.25) is 10.1 Å². The molecule has 0 aliphatic carbocycles. The summed E-state index contributed by atoms with van der Waals surface area (Å²) in [6.45, 7) is 1.72. The molecule has 10 heteroatoms. The Hall–Kier alpha value is -2.49. The van der Waals surface area contributed by atoms with Gasteiger partial charge in [0.15, 0.2) is 0 Å². The molecule has 0 unspecified atom stereocenters. The Morgan fingerprint density at radius 2 is 2.07 bits per heavy atom. The van der Waals surface area contributed by atoms with Gasteiger partial charge in [-0.25, -0.2) is 4.98 Å². The van der Waals surface area contributed by atoms with E-state index in [1.807, 2.05) is 16.7 Å². The summed E-state index contributed by atoms with van der Waals surface area (Å²) in [6.07, 6.45) is 4.96. The van der Waals surface area contributed by atoms with Crippen molar-refractivity contribution in [3.8, 4) is 5.19 Å². The van der Waals surface area contributed by atoms with E-state index in [9.17, 15) is 4.79 Å². The molecule has 28 heavy (non-hydrogen) atoms. The second-order valence-corrected chi connectivity index (χ2v) is 7.65. The molecule has 3 heterocycles. The maximum absolute atomic E-state index is 12.6. The van der Waals surface area contributed by atoms with Crippen molar-refractivity contribution in [2.45, 2.75) is 25.5 Å². The number of amides is 1. The Labute approximate surface area is 170 Å². The van der Waals surface area contributed by atoms with Gasteiger partial charge in [0, 0.05) is 24.3 Å². The predicted octanol–water partition coefficient (Wildman–Crippen LogP) is 3.57. The van der Waals surface area contributed by atoms with E-state index in [2.05, 4.69) is 20.5 Å². The lowest BCUT2D eigenvalue weighted by molar-refractivity contribution is 0.0681. The van der Waals surface area contributed by atoms with E-state index in [0.29, 0.717) is 40.9 Å². The van der Waals surface area contributed by atoms with Crippen molar-refractivity contribution in [2.75, 3.05) is 18.5 Å². The number of hydrogen-bond acceptors (Lipinski definition) is 7. The summed E-state index contributed by atoms with van der Waals surface area (Å²) in [4.78, 5) is 16.8. The van der Waals surface area contributed by atoms with Crippen molar-refractivity contribution in [1.29, 1.82) is 0 Å². The molecule has 0 spiro atoms. The lowest BCUT2D eigenvalue weighted by Crippen LogP contribution is -2.24. The molecule has 8 nitrogen and oxygen atoms in total. The zero-order valence-corrected chi connectivity index (χ0v) is 16.4. The summed E-state index contributed by atoms with van der Waals surface area (Å²) < 4.78 is 12.9. The SMILES string of the molecule is O=C(Nc1nnc(OCc2ccc(Cl)cc2)s1)c1cncn1C1CCOCC1. The number of nitrogens with one attached hydrogen (secondary N) is 1. The topological polar surface area (TPSA) is 91.2 Å². The number of anilines is 1. The van der Waals surface area contributed by atoms with Crippen molar-refractivity contribution in [1.82, 2.24) is 19.7 Å². The molecule has 2 aromatic heterocycles. The number of aromatic nitrogens is 4. The summed E-state index contributed by atoms with van der Waals surface area (Å²) in [6, 6.07) is 7.57. The fourth-order valence-corrected chi connectivity index (χ4v) is 3.66. The maximum Gasteiger partial charge on any atom is 0.296 e. The van der Waals surface area contributed by atoms with Crippen LogP contribution in [0, 0.1) is 0 Å². The van der Waals surface area contributed by atoms with Gasteiger partial charge < -0.3 is 14.0 Å².